The Labute approximate surface area is 119 Å². The van der Waals surface area contributed by atoms with Gasteiger partial charge in [0, 0.05) is 6.08 Å². The summed E-state index contributed by atoms with van der Waals surface area (Å²) in [5.41, 5.74) is 0.700. The van der Waals surface area contributed by atoms with Gasteiger partial charge in [-0.2, -0.15) is 0 Å². The van der Waals surface area contributed by atoms with Crippen molar-refractivity contribution >= 4 is 23.6 Å². The Balaban J connectivity index is 2.15. The minimum atomic E-state index is -1.02. The standard InChI is InChI=1S/C15H10ClFO3/c16-12-2-1-3-13(15(12)17)20-11-7-4-10(5-8-11)6-9-14(18)19/h1-9H,(H,18,19)/b9-6+. The van der Waals surface area contributed by atoms with E-state index in [1.165, 1.54) is 18.2 Å². The van der Waals surface area contributed by atoms with Crippen LogP contribution in [0, 0.1) is 5.82 Å². The van der Waals surface area contributed by atoms with Crippen molar-refractivity contribution in [2.24, 2.45) is 0 Å². The summed E-state index contributed by atoms with van der Waals surface area (Å²) >= 11 is 5.66. The molecule has 3 nitrogen and oxygen atoms in total. The molecule has 0 aliphatic carbocycles. The fourth-order valence-corrected chi connectivity index (χ4v) is 1.67. The van der Waals surface area contributed by atoms with E-state index >= 15 is 0 Å². The van der Waals surface area contributed by atoms with Crippen LogP contribution in [-0.2, 0) is 4.79 Å². The minimum Gasteiger partial charge on any atom is -0.478 e. The number of halogens is 2. The number of carboxylic acids is 1. The second kappa shape index (κ2) is 6.21. The first-order chi connectivity index (χ1) is 9.56. The van der Waals surface area contributed by atoms with Crippen LogP contribution >= 0.6 is 11.6 Å². The molecule has 1 N–H and O–H groups in total. The van der Waals surface area contributed by atoms with E-state index in [0.29, 0.717) is 11.3 Å². The normalized spacial score (nSPS) is 10.7. The molecule has 0 aliphatic rings. The van der Waals surface area contributed by atoms with E-state index in [0.717, 1.165) is 6.08 Å². The summed E-state index contributed by atoms with van der Waals surface area (Å²) in [5.74, 6) is -1.18. The molecule has 0 aliphatic heterocycles. The highest BCUT2D eigenvalue weighted by atomic mass is 35.5. The predicted octanol–water partition coefficient (Wildman–Crippen LogP) is 4.37. The molecule has 0 aromatic heterocycles. The number of hydrogen-bond acceptors (Lipinski definition) is 2. The van der Waals surface area contributed by atoms with Crippen molar-refractivity contribution < 1.29 is 19.0 Å². The molecule has 0 fully saturated rings. The fourth-order valence-electron chi connectivity index (χ4n) is 1.50. The first-order valence-corrected chi connectivity index (χ1v) is 6.07. The van der Waals surface area contributed by atoms with Crippen molar-refractivity contribution in [3.8, 4) is 11.5 Å². The molecule has 0 atom stereocenters. The SMILES string of the molecule is O=C(O)/C=C/c1ccc(Oc2cccc(Cl)c2F)cc1. The van der Waals surface area contributed by atoms with Gasteiger partial charge >= 0.3 is 5.97 Å². The second-order valence-electron chi connectivity index (χ2n) is 3.89. The Morgan fingerprint density at radius 3 is 2.55 bits per heavy atom. The second-order valence-corrected chi connectivity index (χ2v) is 4.30. The number of carbonyl (C=O) groups is 1. The third-order valence-corrected chi connectivity index (χ3v) is 2.73. The number of benzene rings is 2. The molecule has 0 radical (unpaired) electrons. The van der Waals surface area contributed by atoms with Crippen molar-refractivity contribution in [1.82, 2.24) is 0 Å². The summed E-state index contributed by atoms with van der Waals surface area (Å²) < 4.78 is 19.0. The smallest absolute Gasteiger partial charge is 0.328 e. The van der Waals surface area contributed by atoms with Gasteiger partial charge in [-0.05, 0) is 35.9 Å². The van der Waals surface area contributed by atoms with Gasteiger partial charge in [0.1, 0.15) is 5.75 Å². The number of aliphatic carboxylic acids is 1. The van der Waals surface area contributed by atoms with Gasteiger partial charge in [0.15, 0.2) is 11.6 Å². The molecular formula is C15H10ClFO3. The molecule has 0 heterocycles. The first-order valence-electron chi connectivity index (χ1n) is 5.69. The highest BCUT2D eigenvalue weighted by Crippen LogP contribution is 2.28. The van der Waals surface area contributed by atoms with Gasteiger partial charge in [-0.15, -0.1) is 0 Å². The van der Waals surface area contributed by atoms with E-state index < -0.39 is 11.8 Å². The lowest BCUT2D eigenvalue weighted by Crippen LogP contribution is -1.89. The summed E-state index contributed by atoms with van der Waals surface area (Å²) in [7, 11) is 0. The molecule has 2 aromatic rings. The number of ether oxygens (including phenoxy) is 1. The van der Waals surface area contributed by atoms with E-state index in [-0.39, 0.29) is 10.8 Å². The van der Waals surface area contributed by atoms with E-state index in [9.17, 15) is 9.18 Å². The van der Waals surface area contributed by atoms with Gasteiger partial charge in [-0.3, -0.25) is 0 Å². The van der Waals surface area contributed by atoms with E-state index in [1.54, 1.807) is 30.3 Å². The maximum atomic E-state index is 13.6. The molecule has 5 heteroatoms. The number of carboxylic acid groups (broad SMARTS) is 1. The van der Waals surface area contributed by atoms with E-state index in [2.05, 4.69) is 0 Å². The molecule has 2 rings (SSSR count). The molecule has 0 amide bonds. The zero-order valence-corrected chi connectivity index (χ0v) is 11.0. The van der Waals surface area contributed by atoms with Gasteiger partial charge in [0.25, 0.3) is 0 Å². The third kappa shape index (κ3) is 3.59. The van der Waals surface area contributed by atoms with Crippen molar-refractivity contribution in [3.63, 3.8) is 0 Å². The molecule has 102 valence electrons. The zero-order chi connectivity index (χ0) is 14.5. The minimum absolute atomic E-state index is 0.0106. The lowest BCUT2D eigenvalue weighted by Gasteiger charge is -2.07. The van der Waals surface area contributed by atoms with Crippen molar-refractivity contribution in [2.75, 3.05) is 0 Å². The molecule has 0 saturated heterocycles. The Morgan fingerprint density at radius 2 is 1.90 bits per heavy atom. The summed E-state index contributed by atoms with van der Waals surface area (Å²) in [5, 5.41) is 8.50. The van der Waals surface area contributed by atoms with Crippen LogP contribution in [-0.4, -0.2) is 11.1 Å². The van der Waals surface area contributed by atoms with E-state index in [1.807, 2.05) is 0 Å². The van der Waals surface area contributed by atoms with Crippen LogP contribution in [0.25, 0.3) is 6.08 Å². The molecular weight excluding hydrogens is 283 g/mol. The van der Waals surface area contributed by atoms with Crippen LogP contribution < -0.4 is 4.74 Å². The maximum Gasteiger partial charge on any atom is 0.328 e. The lowest BCUT2D eigenvalue weighted by molar-refractivity contribution is -0.131. The van der Waals surface area contributed by atoms with Crippen LogP contribution in [0.3, 0.4) is 0 Å². The summed E-state index contributed by atoms with van der Waals surface area (Å²) in [6.07, 6.45) is 2.48. The predicted molar refractivity (Wildman–Crippen MR) is 74.6 cm³/mol. The lowest BCUT2D eigenvalue weighted by atomic mass is 10.2. The highest BCUT2D eigenvalue weighted by molar-refractivity contribution is 6.30. The number of rotatable bonds is 4. The zero-order valence-electron chi connectivity index (χ0n) is 10.2. The van der Waals surface area contributed by atoms with Crippen LogP contribution in [0.2, 0.25) is 5.02 Å². The summed E-state index contributed by atoms with van der Waals surface area (Å²) in [6, 6.07) is 11.0. The summed E-state index contributed by atoms with van der Waals surface area (Å²) in [4.78, 5) is 10.4. The van der Waals surface area contributed by atoms with Crippen molar-refractivity contribution in [1.29, 1.82) is 0 Å². The average molecular weight is 293 g/mol. The maximum absolute atomic E-state index is 13.6. The van der Waals surface area contributed by atoms with Gasteiger partial charge in [-0.25, -0.2) is 9.18 Å². The molecule has 0 saturated carbocycles. The van der Waals surface area contributed by atoms with Gasteiger partial charge in [0.05, 0.1) is 5.02 Å². The molecule has 0 bridgehead atoms. The fraction of sp³-hybridized carbons (Fsp3) is 0. The highest BCUT2D eigenvalue weighted by Gasteiger charge is 2.08. The Hall–Kier alpha value is -2.33. The third-order valence-electron chi connectivity index (χ3n) is 2.44. The average Bonchev–Trinajstić information content (AvgIpc) is 2.43. The van der Waals surface area contributed by atoms with Gasteiger partial charge < -0.3 is 9.84 Å². The van der Waals surface area contributed by atoms with Crippen LogP contribution in [0.5, 0.6) is 11.5 Å². The van der Waals surface area contributed by atoms with Gasteiger partial charge in [0.2, 0.25) is 0 Å². The van der Waals surface area contributed by atoms with E-state index in [4.69, 9.17) is 21.4 Å². The van der Waals surface area contributed by atoms with Crippen molar-refractivity contribution in [3.05, 3.63) is 64.9 Å². The van der Waals surface area contributed by atoms with Crippen LogP contribution in [0.4, 0.5) is 4.39 Å². The molecule has 2 aromatic carbocycles. The molecule has 20 heavy (non-hydrogen) atoms. The number of hydrogen-bond donors (Lipinski definition) is 1. The van der Waals surface area contributed by atoms with Crippen LogP contribution in [0.1, 0.15) is 5.56 Å². The van der Waals surface area contributed by atoms with Gasteiger partial charge in [-0.1, -0.05) is 29.8 Å². The Morgan fingerprint density at radius 1 is 1.20 bits per heavy atom. The summed E-state index contributed by atoms with van der Waals surface area (Å²) in [6.45, 7) is 0. The Kier molecular flexibility index (Phi) is 4.38. The largest absolute Gasteiger partial charge is 0.478 e. The first kappa shape index (κ1) is 14.1. The van der Waals surface area contributed by atoms with Crippen LogP contribution in [0.15, 0.2) is 48.5 Å². The Bertz CT molecular complexity index is 651. The monoisotopic (exact) mass is 292 g/mol. The van der Waals surface area contributed by atoms with Crippen molar-refractivity contribution in [2.45, 2.75) is 0 Å². The molecule has 0 spiro atoms. The topological polar surface area (TPSA) is 46.5 Å². The quantitative estimate of drug-likeness (QED) is 0.851. The molecule has 0 unspecified atom stereocenters.